The number of benzene rings is 2. The molecule has 35 heavy (non-hydrogen) atoms. The van der Waals surface area contributed by atoms with E-state index in [2.05, 4.69) is 21.8 Å². The number of nitrogens with zero attached hydrogens (tertiary/aromatic N) is 3. The summed E-state index contributed by atoms with van der Waals surface area (Å²) in [5, 5.41) is 10.4. The average Bonchev–Trinajstić information content (AvgIpc) is 3.45. The van der Waals surface area contributed by atoms with Crippen LogP contribution in [0.2, 0.25) is 0 Å². The van der Waals surface area contributed by atoms with Crippen molar-refractivity contribution in [3.8, 4) is 32.8 Å². The summed E-state index contributed by atoms with van der Waals surface area (Å²) in [6.45, 7) is 4.34. The number of nitriles is 1. The maximum absolute atomic E-state index is 12.6. The highest BCUT2D eigenvalue weighted by Crippen LogP contribution is 2.41. The molecule has 0 saturated carbocycles. The minimum Gasteiger partial charge on any atom is -0.490 e. The van der Waals surface area contributed by atoms with Crippen molar-refractivity contribution in [1.29, 1.82) is 5.26 Å². The van der Waals surface area contributed by atoms with Gasteiger partial charge in [0.1, 0.15) is 16.8 Å². The number of hydrogen-bond acceptors (Lipinski definition) is 7. The summed E-state index contributed by atoms with van der Waals surface area (Å²) in [5.74, 6) is 0.651. The lowest BCUT2D eigenvalue weighted by atomic mass is 10.0. The fourth-order valence-corrected chi connectivity index (χ4v) is 6.59. The van der Waals surface area contributed by atoms with E-state index >= 15 is 0 Å². The third kappa shape index (κ3) is 5.90. The summed E-state index contributed by atoms with van der Waals surface area (Å²) in [6.07, 6.45) is 3.39. The molecule has 0 fully saturated rings. The first-order chi connectivity index (χ1) is 16.7. The van der Waals surface area contributed by atoms with Gasteiger partial charge in [-0.25, -0.2) is 18.1 Å². The molecule has 1 N–H and O–H groups in total. The van der Waals surface area contributed by atoms with E-state index in [0.717, 1.165) is 39.4 Å². The predicted molar refractivity (Wildman–Crippen MR) is 140 cm³/mol. The second-order valence-electron chi connectivity index (χ2n) is 9.22. The van der Waals surface area contributed by atoms with Gasteiger partial charge in [0.15, 0.2) is 0 Å². The lowest BCUT2D eigenvalue weighted by molar-refractivity contribution is 0.242. The van der Waals surface area contributed by atoms with Gasteiger partial charge in [-0.1, -0.05) is 18.2 Å². The molecule has 1 atom stereocenters. The van der Waals surface area contributed by atoms with E-state index in [1.807, 2.05) is 69.4 Å². The van der Waals surface area contributed by atoms with Crippen molar-refractivity contribution in [2.75, 3.05) is 26.4 Å². The van der Waals surface area contributed by atoms with Gasteiger partial charge in [-0.3, -0.25) is 0 Å². The molecule has 3 aromatic rings. The van der Waals surface area contributed by atoms with Crippen molar-refractivity contribution < 1.29 is 13.2 Å². The monoisotopic (exact) mass is 510 g/mol. The van der Waals surface area contributed by atoms with Gasteiger partial charge in [0.25, 0.3) is 0 Å². The van der Waals surface area contributed by atoms with Crippen LogP contribution in [0.4, 0.5) is 0 Å². The molecule has 1 heterocycles. The first-order valence-corrected chi connectivity index (χ1v) is 14.1. The summed E-state index contributed by atoms with van der Waals surface area (Å²) < 4.78 is 33.8. The van der Waals surface area contributed by atoms with Crippen LogP contribution in [-0.2, 0) is 16.4 Å². The minimum absolute atomic E-state index is 0.0131. The van der Waals surface area contributed by atoms with Crippen molar-refractivity contribution in [2.24, 2.45) is 0 Å². The van der Waals surface area contributed by atoms with E-state index in [0.29, 0.717) is 17.9 Å². The topological polar surface area (TPSA) is 95.3 Å². The summed E-state index contributed by atoms with van der Waals surface area (Å²) in [7, 11) is 0.364. The molecule has 184 valence electrons. The standard InChI is InChI=1S/C26H30N4O3S2/c1-17(2)33-24-11-8-18(14-19(24)15-27)26-28-16-25(34-26)22-7-5-6-21-20(22)9-10-23(21)29-35(31,32)13-12-30(3)4/h5-8,11,14,16-17,23,29H,9-10,12-13H2,1-4H3/t23-/m0/s1. The molecule has 9 heteroatoms. The van der Waals surface area contributed by atoms with Crippen LogP contribution in [0.1, 0.15) is 43.0 Å². The SMILES string of the molecule is CC(C)Oc1ccc(-c2ncc(-c3cccc4c3CC[C@@H]4NS(=O)(=O)CCN(C)C)s2)cc1C#N. The molecule has 0 amide bonds. The van der Waals surface area contributed by atoms with Crippen molar-refractivity contribution in [3.63, 3.8) is 0 Å². The van der Waals surface area contributed by atoms with Gasteiger partial charge in [-0.2, -0.15) is 5.26 Å². The largest absolute Gasteiger partial charge is 0.490 e. The third-order valence-corrected chi connectivity index (χ3v) is 8.32. The number of aromatic nitrogens is 1. The maximum atomic E-state index is 12.6. The molecule has 4 rings (SSSR count). The highest BCUT2D eigenvalue weighted by molar-refractivity contribution is 7.89. The molecule has 1 aliphatic carbocycles. The molecule has 0 aliphatic heterocycles. The molecule has 0 radical (unpaired) electrons. The van der Waals surface area contributed by atoms with Crippen molar-refractivity contribution >= 4 is 21.4 Å². The molecule has 2 aromatic carbocycles. The average molecular weight is 511 g/mol. The quantitative estimate of drug-likeness (QED) is 0.452. The number of thiazole rings is 1. The van der Waals surface area contributed by atoms with Crippen LogP contribution in [0.25, 0.3) is 21.0 Å². The van der Waals surface area contributed by atoms with Crippen LogP contribution < -0.4 is 9.46 Å². The Morgan fingerprint density at radius 1 is 1.29 bits per heavy atom. The summed E-state index contributed by atoms with van der Waals surface area (Å²) in [4.78, 5) is 7.51. The first-order valence-electron chi connectivity index (χ1n) is 11.6. The van der Waals surface area contributed by atoms with Crippen LogP contribution in [0.3, 0.4) is 0 Å². The normalized spacial score (nSPS) is 15.4. The zero-order chi connectivity index (χ0) is 25.2. The number of nitrogens with one attached hydrogen (secondary N) is 1. The fourth-order valence-electron chi connectivity index (χ4n) is 4.23. The van der Waals surface area contributed by atoms with E-state index in [-0.39, 0.29) is 17.9 Å². The van der Waals surface area contributed by atoms with Crippen LogP contribution >= 0.6 is 11.3 Å². The summed E-state index contributed by atoms with van der Waals surface area (Å²) in [6, 6.07) is 13.6. The Morgan fingerprint density at radius 3 is 2.80 bits per heavy atom. The Labute approximate surface area is 211 Å². The first kappa shape index (κ1) is 25.3. The maximum Gasteiger partial charge on any atom is 0.213 e. The van der Waals surface area contributed by atoms with Crippen LogP contribution in [0.5, 0.6) is 5.75 Å². The number of ether oxygens (including phenoxy) is 1. The second-order valence-corrected chi connectivity index (χ2v) is 12.1. The zero-order valence-corrected chi connectivity index (χ0v) is 22.0. The lowest BCUT2D eigenvalue weighted by Crippen LogP contribution is -2.33. The Kier molecular flexibility index (Phi) is 7.57. The molecule has 7 nitrogen and oxygen atoms in total. The third-order valence-electron chi connectivity index (χ3n) is 5.88. The van der Waals surface area contributed by atoms with Gasteiger partial charge in [-0.15, -0.1) is 11.3 Å². The van der Waals surface area contributed by atoms with Crippen LogP contribution in [-0.4, -0.2) is 50.8 Å². The molecule has 0 spiro atoms. The fraction of sp³-hybridized carbons (Fsp3) is 0.385. The molecule has 0 saturated heterocycles. The zero-order valence-electron chi connectivity index (χ0n) is 20.4. The molecule has 1 aliphatic rings. The van der Waals surface area contributed by atoms with E-state index in [1.165, 1.54) is 5.56 Å². The van der Waals surface area contributed by atoms with E-state index in [4.69, 9.17) is 4.74 Å². The second kappa shape index (κ2) is 10.5. The summed E-state index contributed by atoms with van der Waals surface area (Å²) >= 11 is 1.56. The Hall–Kier alpha value is -2.77. The Balaban J connectivity index is 1.58. The van der Waals surface area contributed by atoms with Crippen LogP contribution in [0.15, 0.2) is 42.6 Å². The number of hydrogen-bond donors (Lipinski definition) is 1. The minimum atomic E-state index is -3.37. The van der Waals surface area contributed by atoms with Crippen molar-refractivity contribution in [3.05, 3.63) is 59.3 Å². The highest BCUT2D eigenvalue weighted by atomic mass is 32.2. The number of sulfonamides is 1. The molecular formula is C26H30N4O3S2. The Bertz CT molecular complexity index is 1360. The predicted octanol–water partition coefficient (Wildman–Crippen LogP) is 4.60. The number of rotatable bonds is 9. The van der Waals surface area contributed by atoms with E-state index < -0.39 is 10.0 Å². The van der Waals surface area contributed by atoms with Gasteiger partial charge in [0.05, 0.1) is 22.3 Å². The van der Waals surface area contributed by atoms with E-state index in [1.54, 1.807) is 11.3 Å². The lowest BCUT2D eigenvalue weighted by Gasteiger charge is -2.16. The van der Waals surface area contributed by atoms with Crippen molar-refractivity contribution in [2.45, 2.75) is 38.8 Å². The summed E-state index contributed by atoms with van der Waals surface area (Å²) in [5.41, 5.74) is 4.64. The molecule has 0 bridgehead atoms. The Morgan fingerprint density at radius 2 is 2.09 bits per heavy atom. The van der Waals surface area contributed by atoms with Gasteiger partial charge in [0.2, 0.25) is 10.0 Å². The molecule has 1 aromatic heterocycles. The highest BCUT2D eigenvalue weighted by Gasteiger charge is 2.29. The number of fused-ring (bicyclic) bond motifs is 1. The van der Waals surface area contributed by atoms with Gasteiger partial charge in [0, 0.05) is 24.3 Å². The van der Waals surface area contributed by atoms with E-state index in [9.17, 15) is 13.7 Å². The van der Waals surface area contributed by atoms with Gasteiger partial charge >= 0.3 is 0 Å². The molecule has 0 unspecified atom stereocenters. The molecular weight excluding hydrogens is 480 g/mol. The van der Waals surface area contributed by atoms with Crippen LogP contribution in [0, 0.1) is 11.3 Å². The smallest absolute Gasteiger partial charge is 0.213 e. The van der Waals surface area contributed by atoms with Gasteiger partial charge < -0.3 is 9.64 Å². The van der Waals surface area contributed by atoms with Crippen molar-refractivity contribution in [1.82, 2.24) is 14.6 Å². The van der Waals surface area contributed by atoms with Gasteiger partial charge in [-0.05, 0) is 75.7 Å².